The molecule has 4 aromatic rings. The van der Waals surface area contributed by atoms with Gasteiger partial charge < -0.3 is 25.7 Å². The van der Waals surface area contributed by atoms with Crippen molar-refractivity contribution in [2.75, 3.05) is 10.6 Å². The van der Waals surface area contributed by atoms with Gasteiger partial charge in [0.25, 0.3) is 0 Å². The number of esters is 1. The Morgan fingerprint density at radius 2 is 1.64 bits per heavy atom. The minimum atomic E-state index is -1.10. The molecule has 0 saturated heterocycles. The van der Waals surface area contributed by atoms with E-state index in [1.165, 1.54) is 18.2 Å². The van der Waals surface area contributed by atoms with Crippen molar-refractivity contribution in [2.24, 2.45) is 0 Å². The highest BCUT2D eigenvalue weighted by Gasteiger charge is 2.26. The second kappa shape index (κ2) is 13.1. The first kappa shape index (κ1) is 30.0. The summed E-state index contributed by atoms with van der Waals surface area (Å²) in [5.74, 6) is -2.57. The summed E-state index contributed by atoms with van der Waals surface area (Å²) in [4.78, 5) is 58.7. The van der Waals surface area contributed by atoms with Crippen LogP contribution in [0.1, 0.15) is 36.7 Å². The molecule has 0 aliphatic heterocycles. The fourth-order valence-corrected chi connectivity index (χ4v) is 4.13. The molecule has 0 radical (unpaired) electrons. The smallest absolute Gasteiger partial charge is 0.338 e. The molecule has 10 nitrogen and oxygen atoms in total. The zero-order valence-corrected chi connectivity index (χ0v) is 24.0. The van der Waals surface area contributed by atoms with Crippen LogP contribution in [-0.4, -0.2) is 45.3 Å². The summed E-state index contributed by atoms with van der Waals surface area (Å²) in [6, 6.07) is 18.9. The van der Waals surface area contributed by atoms with Crippen LogP contribution in [0.5, 0.6) is 0 Å². The standard InChI is InChI=1S/C31H30ClN5O5/c1-31(2,3)42-30(41)20-9-12-22(13-10-20)35-27(38)25(17-19-7-5-4-6-8-19)37-29(40)28(39)36-24-18-21(32)11-14-23(24)26-33-15-16-34-26/h4-16,18,25H,17H2,1-3H3,(H,33,34)(H,35,38)(H,36,39)(H,37,40). The maximum absolute atomic E-state index is 13.3. The van der Waals surface area contributed by atoms with Crippen molar-refractivity contribution < 1.29 is 23.9 Å². The van der Waals surface area contributed by atoms with Gasteiger partial charge in [-0.15, -0.1) is 0 Å². The quantitative estimate of drug-likeness (QED) is 0.169. The van der Waals surface area contributed by atoms with Gasteiger partial charge in [0, 0.05) is 35.1 Å². The van der Waals surface area contributed by atoms with Gasteiger partial charge in [0.1, 0.15) is 17.5 Å². The Bertz CT molecular complexity index is 1570. The number of carbonyl (C=O) groups is 4. The highest BCUT2D eigenvalue weighted by atomic mass is 35.5. The molecule has 1 aromatic heterocycles. The van der Waals surface area contributed by atoms with Crippen molar-refractivity contribution in [3.8, 4) is 11.4 Å². The Kier molecular flexibility index (Phi) is 9.39. The van der Waals surface area contributed by atoms with Crippen LogP contribution in [0.3, 0.4) is 0 Å². The number of anilines is 2. The predicted molar refractivity (Wildman–Crippen MR) is 160 cm³/mol. The number of nitrogens with one attached hydrogen (secondary N) is 4. The molecule has 1 unspecified atom stereocenters. The number of hydrogen-bond donors (Lipinski definition) is 4. The van der Waals surface area contributed by atoms with E-state index in [9.17, 15) is 19.2 Å². The van der Waals surface area contributed by atoms with Crippen LogP contribution in [0, 0.1) is 0 Å². The number of carbonyl (C=O) groups excluding carboxylic acids is 4. The average Bonchev–Trinajstić information content (AvgIpc) is 3.47. The number of nitrogens with zero attached hydrogens (tertiary/aromatic N) is 1. The lowest BCUT2D eigenvalue weighted by molar-refractivity contribution is -0.137. The number of ether oxygens (including phenoxy) is 1. The lowest BCUT2D eigenvalue weighted by Crippen LogP contribution is -2.48. The van der Waals surface area contributed by atoms with Crippen molar-refractivity contribution in [2.45, 2.75) is 38.8 Å². The normalized spacial score (nSPS) is 11.7. The third-order valence-corrected chi connectivity index (χ3v) is 6.12. The molecule has 0 spiro atoms. The first-order valence-corrected chi connectivity index (χ1v) is 13.5. The van der Waals surface area contributed by atoms with Crippen LogP contribution in [0.25, 0.3) is 11.4 Å². The van der Waals surface area contributed by atoms with Crippen molar-refractivity contribution in [3.05, 3.63) is 101 Å². The molecule has 42 heavy (non-hydrogen) atoms. The molecular formula is C31H30ClN5O5. The van der Waals surface area contributed by atoms with Crippen LogP contribution in [0.2, 0.25) is 5.02 Å². The van der Waals surface area contributed by atoms with E-state index in [1.54, 1.807) is 57.4 Å². The van der Waals surface area contributed by atoms with Gasteiger partial charge in [-0.25, -0.2) is 9.78 Å². The van der Waals surface area contributed by atoms with Crippen LogP contribution < -0.4 is 16.0 Å². The van der Waals surface area contributed by atoms with Gasteiger partial charge in [0.05, 0.1) is 11.3 Å². The summed E-state index contributed by atoms with van der Waals surface area (Å²) >= 11 is 6.13. The monoisotopic (exact) mass is 587 g/mol. The number of halogens is 1. The number of H-pyrrole nitrogens is 1. The number of aromatic amines is 1. The third-order valence-electron chi connectivity index (χ3n) is 5.88. The van der Waals surface area contributed by atoms with Crippen molar-refractivity contribution in [3.63, 3.8) is 0 Å². The lowest BCUT2D eigenvalue weighted by Gasteiger charge is -2.20. The average molecular weight is 588 g/mol. The lowest BCUT2D eigenvalue weighted by atomic mass is 10.0. The molecule has 0 saturated carbocycles. The predicted octanol–water partition coefficient (Wildman–Crippen LogP) is 4.99. The molecule has 3 amide bonds. The van der Waals surface area contributed by atoms with Crippen molar-refractivity contribution >= 4 is 46.7 Å². The summed E-state index contributed by atoms with van der Waals surface area (Å²) in [5, 5.41) is 8.18. The first-order chi connectivity index (χ1) is 20.0. The van der Waals surface area contributed by atoms with E-state index in [1.807, 2.05) is 30.3 Å². The van der Waals surface area contributed by atoms with Crippen molar-refractivity contribution in [1.82, 2.24) is 15.3 Å². The first-order valence-electron chi connectivity index (χ1n) is 13.1. The largest absolute Gasteiger partial charge is 0.456 e. The third kappa shape index (κ3) is 8.28. The maximum atomic E-state index is 13.3. The van der Waals surface area contributed by atoms with Gasteiger partial charge in [-0.2, -0.15) is 0 Å². The maximum Gasteiger partial charge on any atom is 0.338 e. The zero-order valence-electron chi connectivity index (χ0n) is 23.2. The highest BCUT2D eigenvalue weighted by Crippen LogP contribution is 2.28. The van der Waals surface area contributed by atoms with Gasteiger partial charge in [-0.3, -0.25) is 14.4 Å². The minimum absolute atomic E-state index is 0.122. The summed E-state index contributed by atoms with van der Waals surface area (Å²) in [5.41, 5.74) is 1.64. The van der Waals surface area contributed by atoms with E-state index in [-0.39, 0.29) is 12.1 Å². The topological polar surface area (TPSA) is 142 Å². The molecular weight excluding hydrogens is 558 g/mol. The second-order valence-corrected chi connectivity index (χ2v) is 10.8. The van der Waals surface area contributed by atoms with Gasteiger partial charge in [-0.1, -0.05) is 41.9 Å². The van der Waals surface area contributed by atoms with E-state index < -0.39 is 35.3 Å². The van der Waals surface area contributed by atoms with Gasteiger partial charge >= 0.3 is 17.8 Å². The van der Waals surface area contributed by atoms with E-state index in [0.717, 1.165) is 5.56 Å². The molecule has 3 aromatic carbocycles. The van der Waals surface area contributed by atoms with Crippen LogP contribution in [0.15, 0.2) is 85.2 Å². The van der Waals surface area contributed by atoms with Crippen molar-refractivity contribution in [1.29, 1.82) is 0 Å². The molecule has 4 rings (SSSR count). The Balaban J connectivity index is 1.48. The van der Waals surface area contributed by atoms with Gasteiger partial charge in [-0.05, 0) is 68.8 Å². The summed E-state index contributed by atoms with van der Waals surface area (Å²) in [7, 11) is 0. The van der Waals surface area contributed by atoms with E-state index in [2.05, 4.69) is 25.9 Å². The van der Waals surface area contributed by atoms with E-state index in [0.29, 0.717) is 27.7 Å². The summed E-state index contributed by atoms with van der Waals surface area (Å²) in [6.45, 7) is 5.32. The van der Waals surface area contributed by atoms with Crippen LogP contribution >= 0.6 is 11.6 Å². The van der Waals surface area contributed by atoms with Crippen LogP contribution in [-0.2, 0) is 25.5 Å². The fourth-order valence-electron chi connectivity index (χ4n) is 3.96. The molecule has 0 aliphatic carbocycles. The van der Waals surface area contributed by atoms with E-state index in [4.69, 9.17) is 16.3 Å². The van der Waals surface area contributed by atoms with Gasteiger partial charge in [0.2, 0.25) is 5.91 Å². The SMILES string of the molecule is CC(C)(C)OC(=O)c1ccc(NC(=O)C(Cc2ccccc2)NC(=O)C(=O)Nc2cc(Cl)ccc2-c2ncc[nH]2)cc1. The molecule has 0 bridgehead atoms. The molecule has 216 valence electrons. The van der Waals surface area contributed by atoms with Crippen LogP contribution in [0.4, 0.5) is 11.4 Å². The number of imidazole rings is 1. The number of hydrogen-bond acceptors (Lipinski definition) is 6. The molecule has 1 heterocycles. The summed E-state index contributed by atoms with van der Waals surface area (Å²) < 4.78 is 5.37. The Labute approximate surface area is 247 Å². The second-order valence-electron chi connectivity index (χ2n) is 10.4. The number of rotatable bonds is 8. The number of benzene rings is 3. The number of amides is 3. The molecule has 1 atom stereocenters. The molecule has 0 fully saturated rings. The molecule has 11 heteroatoms. The Morgan fingerprint density at radius 3 is 2.29 bits per heavy atom. The molecule has 4 N–H and O–H groups in total. The Hall–Kier alpha value is -4.96. The summed E-state index contributed by atoms with van der Waals surface area (Å²) in [6.07, 6.45) is 3.30. The zero-order chi connectivity index (χ0) is 30.3. The fraction of sp³-hybridized carbons (Fsp3) is 0.194. The minimum Gasteiger partial charge on any atom is -0.456 e. The highest BCUT2D eigenvalue weighted by molar-refractivity contribution is 6.40. The number of aromatic nitrogens is 2. The van der Waals surface area contributed by atoms with E-state index >= 15 is 0 Å². The Morgan fingerprint density at radius 1 is 0.929 bits per heavy atom. The molecule has 0 aliphatic rings. The van der Waals surface area contributed by atoms with Gasteiger partial charge in [0.15, 0.2) is 0 Å².